The molecule has 1 fully saturated rings. The second-order valence-electron chi connectivity index (χ2n) is 5.30. The van der Waals surface area contributed by atoms with Gasteiger partial charge in [0.1, 0.15) is 5.78 Å². The lowest BCUT2D eigenvalue weighted by Crippen LogP contribution is -2.31. The Hall–Kier alpha value is 0.110. The summed E-state index contributed by atoms with van der Waals surface area (Å²) in [5.74, 6) is 1.67. The Labute approximate surface area is 107 Å². The van der Waals surface area contributed by atoms with Crippen LogP contribution in [0.2, 0.25) is 0 Å². The van der Waals surface area contributed by atoms with Gasteiger partial charge in [-0.2, -0.15) is 0 Å². The SMILES string of the molecule is CC(=O)C(C)CC(Br)C1OCCC1C(C)C. The van der Waals surface area contributed by atoms with Gasteiger partial charge in [-0.05, 0) is 31.6 Å². The van der Waals surface area contributed by atoms with Gasteiger partial charge in [0, 0.05) is 17.4 Å². The van der Waals surface area contributed by atoms with Gasteiger partial charge in [-0.25, -0.2) is 0 Å². The summed E-state index contributed by atoms with van der Waals surface area (Å²) < 4.78 is 5.81. The van der Waals surface area contributed by atoms with Crippen LogP contribution in [0.4, 0.5) is 0 Å². The zero-order chi connectivity index (χ0) is 12.3. The Morgan fingerprint density at radius 2 is 2.06 bits per heavy atom. The van der Waals surface area contributed by atoms with Gasteiger partial charge < -0.3 is 4.74 Å². The second-order valence-corrected chi connectivity index (χ2v) is 6.47. The van der Waals surface area contributed by atoms with E-state index in [-0.39, 0.29) is 17.8 Å². The first-order valence-electron chi connectivity index (χ1n) is 6.19. The lowest BCUT2D eigenvalue weighted by Gasteiger charge is -2.27. The van der Waals surface area contributed by atoms with Crippen molar-refractivity contribution < 1.29 is 9.53 Å². The van der Waals surface area contributed by atoms with E-state index in [1.54, 1.807) is 6.92 Å². The van der Waals surface area contributed by atoms with Crippen LogP contribution in [0.5, 0.6) is 0 Å². The minimum absolute atomic E-state index is 0.126. The molecule has 0 aromatic heterocycles. The monoisotopic (exact) mass is 290 g/mol. The Morgan fingerprint density at radius 3 is 2.56 bits per heavy atom. The van der Waals surface area contributed by atoms with Gasteiger partial charge in [0.25, 0.3) is 0 Å². The van der Waals surface area contributed by atoms with E-state index in [0.29, 0.717) is 16.7 Å². The summed E-state index contributed by atoms with van der Waals surface area (Å²) in [6.07, 6.45) is 2.31. The standard InChI is InChI=1S/C13H23BrO2/c1-8(2)11-5-6-16-13(11)12(14)7-9(3)10(4)15/h8-9,11-13H,5-7H2,1-4H3. The van der Waals surface area contributed by atoms with Crippen LogP contribution >= 0.6 is 15.9 Å². The van der Waals surface area contributed by atoms with E-state index < -0.39 is 0 Å². The molecule has 4 atom stereocenters. The zero-order valence-corrected chi connectivity index (χ0v) is 12.3. The van der Waals surface area contributed by atoms with Crippen LogP contribution in [0.25, 0.3) is 0 Å². The van der Waals surface area contributed by atoms with Crippen molar-refractivity contribution in [1.82, 2.24) is 0 Å². The van der Waals surface area contributed by atoms with Crippen LogP contribution in [0.1, 0.15) is 40.5 Å². The molecule has 0 N–H and O–H groups in total. The normalized spacial score (nSPS) is 29.4. The molecule has 0 radical (unpaired) electrons. The van der Waals surface area contributed by atoms with E-state index in [1.807, 2.05) is 6.92 Å². The highest BCUT2D eigenvalue weighted by atomic mass is 79.9. The van der Waals surface area contributed by atoms with Crippen molar-refractivity contribution in [2.24, 2.45) is 17.8 Å². The van der Waals surface area contributed by atoms with Gasteiger partial charge in [0.2, 0.25) is 0 Å². The first kappa shape index (κ1) is 14.2. The first-order chi connectivity index (χ1) is 7.43. The van der Waals surface area contributed by atoms with Crippen LogP contribution in [0, 0.1) is 17.8 Å². The van der Waals surface area contributed by atoms with E-state index in [4.69, 9.17) is 4.74 Å². The molecule has 1 saturated heterocycles. The van der Waals surface area contributed by atoms with Crippen LogP contribution < -0.4 is 0 Å². The molecule has 16 heavy (non-hydrogen) atoms. The third-order valence-corrected chi connectivity index (χ3v) is 4.56. The molecule has 1 aliphatic heterocycles. The van der Waals surface area contributed by atoms with Crippen LogP contribution in [-0.2, 0) is 9.53 Å². The summed E-state index contributed by atoms with van der Waals surface area (Å²) in [7, 11) is 0. The fraction of sp³-hybridized carbons (Fsp3) is 0.923. The molecule has 0 amide bonds. The van der Waals surface area contributed by atoms with Crippen LogP contribution in [-0.4, -0.2) is 23.3 Å². The number of ether oxygens (including phenoxy) is 1. The van der Waals surface area contributed by atoms with Crippen molar-refractivity contribution in [3.63, 3.8) is 0 Å². The molecule has 4 unspecified atom stereocenters. The molecule has 1 rings (SSSR count). The highest BCUT2D eigenvalue weighted by Gasteiger charge is 2.36. The van der Waals surface area contributed by atoms with Crippen molar-refractivity contribution >= 4 is 21.7 Å². The Balaban J connectivity index is 2.52. The predicted molar refractivity (Wildman–Crippen MR) is 69.9 cm³/mol. The van der Waals surface area contributed by atoms with Crippen molar-refractivity contribution in [2.45, 2.75) is 51.5 Å². The van der Waals surface area contributed by atoms with Crippen LogP contribution in [0.3, 0.4) is 0 Å². The third-order valence-electron chi connectivity index (χ3n) is 3.67. The summed E-state index contributed by atoms with van der Waals surface area (Å²) in [5, 5.41) is 0. The lowest BCUT2D eigenvalue weighted by molar-refractivity contribution is -0.120. The topological polar surface area (TPSA) is 26.3 Å². The van der Waals surface area contributed by atoms with E-state index in [2.05, 4.69) is 29.8 Å². The molecule has 94 valence electrons. The molecule has 1 aliphatic rings. The summed E-state index contributed by atoms with van der Waals surface area (Å²) >= 11 is 3.71. The summed E-state index contributed by atoms with van der Waals surface area (Å²) in [6, 6.07) is 0. The van der Waals surface area contributed by atoms with Crippen molar-refractivity contribution in [1.29, 1.82) is 0 Å². The summed E-state index contributed by atoms with van der Waals surface area (Å²) in [6.45, 7) is 9.03. The summed E-state index contributed by atoms with van der Waals surface area (Å²) in [4.78, 5) is 11.6. The van der Waals surface area contributed by atoms with Crippen molar-refractivity contribution in [3.05, 3.63) is 0 Å². The minimum Gasteiger partial charge on any atom is -0.377 e. The second kappa shape index (κ2) is 6.15. The highest BCUT2D eigenvalue weighted by Crippen LogP contribution is 2.34. The van der Waals surface area contributed by atoms with Gasteiger partial charge in [-0.15, -0.1) is 0 Å². The number of ketones is 1. The molecule has 3 heteroatoms. The lowest BCUT2D eigenvalue weighted by atomic mass is 9.86. The fourth-order valence-electron chi connectivity index (χ4n) is 2.35. The molecule has 0 bridgehead atoms. The van der Waals surface area contributed by atoms with E-state index in [1.165, 1.54) is 0 Å². The first-order valence-corrected chi connectivity index (χ1v) is 7.11. The zero-order valence-electron chi connectivity index (χ0n) is 10.7. The maximum atomic E-state index is 11.2. The molecule has 0 spiro atoms. The van der Waals surface area contributed by atoms with Gasteiger partial charge in [0.15, 0.2) is 0 Å². The van der Waals surface area contributed by atoms with E-state index in [0.717, 1.165) is 19.4 Å². The van der Waals surface area contributed by atoms with Gasteiger partial charge in [-0.1, -0.05) is 36.7 Å². The number of halogens is 1. The highest BCUT2D eigenvalue weighted by molar-refractivity contribution is 9.09. The van der Waals surface area contributed by atoms with Crippen molar-refractivity contribution in [2.75, 3.05) is 6.61 Å². The largest absolute Gasteiger partial charge is 0.377 e. The number of hydrogen-bond acceptors (Lipinski definition) is 2. The molecule has 0 aromatic carbocycles. The Bertz CT molecular complexity index is 240. The number of alkyl halides is 1. The van der Waals surface area contributed by atoms with Crippen molar-refractivity contribution in [3.8, 4) is 0 Å². The van der Waals surface area contributed by atoms with E-state index in [9.17, 15) is 4.79 Å². The third kappa shape index (κ3) is 3.56. The molecule has 0 aromatic rings. The van der Waals surface area contributed by atoms with Crippen LogP contribution in [0.15, 0.2) is 0 Å². The summed E-state index contributed by atoms with van der Waals surface area (Å²) in [5.41, 5.74) is 0. The molecule has 2 nitrogen and oxygen atoms in total. The quantitative estimate of drug-likeness (QED) is 0.725. The Morgan fingerprint density at radius 1 is 1.44 bits per heavy atom. The minimum atomic E-state index is 0.126. The molecular weight excluding hydrogens is 268 g/mol. The number of rotatable bonds is 5. The molecule has 0 saturated carbocycles. The number of carbonyl (C=O) groups excluding carboxylic acids is 1. The molecule has 0 aliphatic carbocycles. The van der Waals surface area contributed by atoms with Gasteiger partial charge >= 0.3 is 0 Å². The average molecular weight is 291 g/mol. The number of carbonyl (C=O) groups is 1. The van der Waals surface area contributed by atoms with E-state index >= 15 is 0 Å². The Kier molecular flexibility index (Phi) is 5.45. The number of Topliss-reactive ketones (excluding diaryl/α,β-unsaturated/α-hetero) is 1. The average Bonchev–Trinajstić information content (AvgIpc) is 2.65. The molecule has 1 heterocycles. The van der Waals surface area contributed by atoms with Gasteiger partial charge in [-0.3, -0.25) is 4.79 Å². The smallest absolute Gasteiger partial charge is 0.132 e. The maximum absolute atomic E-state index is 11.2. The fourth-order valence-corrected chi connectivity index (χ4v) is 3.46. The maximum Gasteiger partial charge on any atom is 0.132 e. The predicted octanol–water partition coefficient (Wildman–Crippen LogP) is 3.43. The number of hydrogen-bond donors (Lipinski definition) is 0. The van der Waals surface area contributed by atoms with Gasteiger partial charge in [0.05, 0.1) is 6.10 Å². The molecular formula is C13H23BrO2.